The van der Waals surface area contributed by atoms with Gasteiger partial charge in [-0.05, 0) is 34.1 Å². The van der Waals surface area contributed by atoms with Crippen molar-refractivity contribution >= 4 is 27.3 Å². The molecule has 0 saturated heterocycles. The lowest BCUT2D eigenvalue weighted by atomic mass is 10.3. The first-order chi connectivity index (χ1) is 8.34. The van der Waals surface area contributed by atoms with E-state index >= 15 is 0 Å². The Labute approximate surface area is 113 Å². The van der Waals surface area contributed by atoms with Crippen LogP contribution in [0.2, 0.25) is 0 Å². The molecule has 0 unspecified atom stereocenters. The highest BCUT2D eigenvalue weighted by Crippen LogP contribution is 2.20. The van der Waals surface area contributed by atoms with Crippen molar-refractivity contribution in [3.8, 4) is 5.75 Å². The Morgan fingerprint density at radius 3 is 2.65 bits per heavy atom. The van der Waals surface area contributed by atoms with Crippen molar-refractivity contribution in [2.45, 2.75) is 6.61 Å². The molecule has 0 aliphatic rings. The highest BCUT2D eigenvalue weighted by Gasteiger charge is 1.97. The minimum absolute atomic E-state index is 0.580. The number of hydrogen-bond acceptors (Lipinski definition) is 3. The zero-order chi connectivity index (χ0) is 11.9. The summed E-state index contributed by atoms with van der Waals surface area (Å²) in [5, 5.41) is 2.05. The van der Waals surface area contributed by atoms with E-state index in [0.717, 1.165) is 10.2 Å². The van der Waals surface area contributed by atoms with Gasteiger partial charge in [0.2, 0.25) is 0 Å². The van der Waals surface area contributed by atoms with Crippen LogP contribution in [-0.4, -0.2) is 13.2 Å². The molecule has 0 aliphatic carbocycles. The van der Waals surface area contributed by atoms with Gasteiger partial charge in [0.1, 0.15) is 12.4 Å². The number of hydrogen-bond donors (Lipinski definition) is 0. The summed E-state index contributed by atoms with van der Waals surface area (Å²) in [6.45, 7) is 1.83. The molecular formula is C13H13BrO2S. The first kappa shape index (κ1) is 12.6. The van der Waals surface area contributed by atoms with Gasteiger partial charge in [0, 0.05) is 14.7 Å². The lowest BCUT2D eigenvalue weighted by Gasteiger charge is -2.06. The van der Waals surface area contributed by atoms with Crippen LogP contribution in [0.1, 0.15) is 4.88 Å². The fourth-order valence-electron chi connectivity index (χ4n) is 1.34. The molecule has 0 saturated carbocycles. The van der Waals surface area contributed by atoms with E-state index in [1.54, 1.807) is 11.3 Å². The average Bonchev–Trinajstić information content (AvgIpc) is 2.76. The van der Waals surface area contributed by atoms with Crippen molar-refractivity contribution in [2.24, 2.45) is 0 Å². The molecule has 2 nitrogen and oxygen atoms in total. The van der Waals surface area contributed by atoms with Crippen LogP contribution < -0.4 is 4.74 Å². The van der Waals surface area contributed by atoms with Crippen molar-refractivity contribution in [3.63, 3.8) is 0 Å². The maximum Gasteiger partial charge on any atom is 0.119 e. The largest absolute Gasteiger partial charge is 0.491 e. The molecule has 0 fully saturated rings. The summed E-state index contributed by atoms with van der Waals surface area (Å²) in [6.07, 6.45) is 0. The van der Waals surface area contributed by atoms with E-state index in [2.05, 4.69) is 27.4 Å². The van der Waals surface area contributed by atoms with Crippen LogP contribution in [0.3, 0.4) is 0 Å². The predicted molar refractivity (Wildman–Crippen MR) is 73.6 cm³/mol. The monoisotopic (exact) mass is 312 g/mol. The molecular weight excluding hydrogens is 300 g/mol. The molecule has 0 atom stereocenters. The standard InChI is InChI=1S/C13H13BrO2S/c14-11-8-13(17-10-11)9-15-6-7-16-12-4-2-1-3-5-12/h1-5,8,10H,6-7,9H2. The van der Waals surface area contributed by atoms with E-state index < -0.39 is 0 Å². The molecule has 1 aromatic heterocycles. The second-order valence-corrected chi connectivity index (χ2v) is 5.36. The summed E-state index contributed by atoms with van der Waals surface area (Å²) in [5.41, 5.74) is 0. The van der Waals surface area contributed by atoms with Gasteiger partial charge < -0.3 is 9.47 Å². The first-order valence-electron chi connectivity index (χ1n) is 5.33. The topological polar surface area (TPSA) is 18.5 Å². The van der Waals surface area contributed by atoms with Crippen LogP contribution in [0.25, 0.3) is 0 Å². The molecule has 0 N–H and O–H groups in total. The zero-order valence-electron chi connectivity index (χ0n) is 9.27. The molecule has 1 heterocycles. The third-order valence-electron chi connectivity index (χ3n) is 2.11. The normalized spacial score (nSPS) is 10.4. The van der Waals surface area contributed by atoms with Gasteiger partial charge in [-0.15, -0.1) is 11.3 Å². The SMILES string of the molecule is Brc1csc(COCCOc2ccccc2)c1. The molecule has 2 aromatic rings. The van der Waals surface area contributed by atoms with Gasteiger partial charge in [-0.1, -0.05) is 18.2 Å². The Bertz CT molecular complexity index is 442. The summed E-state index contributed by atoms with van der Waals surface area (Å²) in [6, 6.07) is 11.8. The second-order valence-electron chi connectivity index (χ2n) is 3.45. The Balaban J connectivity index is 1.61. The molecule has 90 valence electrons. The number of para-hydroxylation sites is 1. The maximum absolute atomic E-state index is 5.52. The lowest BCUT2D eigenvalue weighted by Crippen LogP contribution is -2.06. The van der Waals surface area contributed by atoms with Crippen LogP contribution in [-0.2, 0) is 11.3 Å². The summed E-state index contributed by atoms with van der Waals surface area (Å²) in [4.78, 5) is 1.22. The van der Waals surface area contributed by atoms with Gasteiger partial charge in [0.05, 0.1) is 13.2 Å². The Hall–Kier alpha value is -0.840. The van der Waals surface area contributed by atoms with Gasteiger partial charge in [-0.3, -0.25) is 0 Å². The van der Waals surface area contributed by atoms with E-state index in [0.29, 0.717) is 19.8 Å². The van der Waals surface area contributed by atoms with Crippen molar-refractivity contribution in [1.29, 1.82) is 0 Å². The molecule has 0 radical (unpaired) electrons. The zero-order valence-corrected chi connectivity index (χ0v) is 11.7. The minimum atomic E-state index is 0.580. The highest BCUT2D eigenvalue weighted by molar-refractivity contribution is 9.10. The third-order valence-corrected chi connectivity index (χ3v) is 3.78. The predicted octanol–water partition coefficient (Wildman–Crippen LogP) is 4.11. The van der Waals surface area contributed by atoms with Crippen molar-refractivity contribution in [2.75, 3.05) is 13.2 Å². The average molecular weight is 313 g/mol. The first-order valence-corrected chi connectivity index (χ1v) is 7.00. The Morgan fingerprint density at radius 1 is 1.12 bits per heavy atom. The smallest absolute Gasteiger partial charge is 0.119 e. The third kappa shape index (κ3) is 4.50. The molecule has 1 aromatic carbocycles. The summed E-state index contributed by atoms with van der Waals surface area (Å²) in [5.74, 6) is 0.884. The quantitative estimate of drug-likeness (QED) is 0.747. The van der Waals surface area contributed by atoms with Crippen LogP contribution in [0.5, 0.6) is 5.75 Å². The van der Waals surface area contributed by atoms with Gasteiger partial charge in [-0.2, -0.15) is 0 Å². The van der Waals surface area contributed by atoms with E-state index in [4.69, 9.17) is 9.47 Å². The Kier molecular flexibility index (Phi) is 5.04. The molecule has 4 heteroatoms. The lowest BCUT2D eigenvalue weighted by molar-refractivity contribution is 0.0905. The van der Waals surface area contributed by atoms with Gasteiger partial charge in [0.15, 0.2) is 0 Å². The van der Waals surface area contributed by atoms with E-state index in [9.17, 15) is 0 Å². The van der Waals surface area contributed by atoms with E-state index in [-0.39, 0.29) is 0 Å². The number of halogens is 1. The molecule has 0 amide bonds. The van der Waals surface area contributed by atoms with E-state index in [1.807, 2.05) is 30.3 Å². The number of ether oxygens (including phenoxy) is 2. The molecule has 0 spiro atoms. The fourth-order valence-corrected chi connectivity index (χ4v) is 2.72. The van der Waals surface area contributed by atoms with Crippen molar-refractivity contribution in [1.82, 2.24) is 0 Å². The molecule has 2 rings (SSSR count). The second kappa shape index (κ2) is 6.79. The van der Waals surface area contributed by atoms with Crippen molar-refractivity contribution in [3.05, 3.63) is 51.1 Å². The molecule has 17 heavy (non-hydrogen) atoms. The summed E-state index contributed by atoms with van der Waals surface area (Å²) >= 11 is 5.11. The van der Waals surface area contributed by atoms with Crippen LogP contribution in [0.4, 0.5) is 0 Å². The number of rotatable bonds is 6. The van der Waals surface area contributed by atoms with Crippen molar-refractivity contribution < 1.29 is 9.47 Å². The van der Waals surface area contributed by atoms with Gasteiger partial charge in [-0.25, -0.2) is 0 Å². The number of thiophene rings is 1. The minimum Gasteiger partial charge on any atom is -0.491 e. The number of benzene rings is 1. The maximum atomic E-state index is 5.52. The fraction of sp³-hybridized carbons (Fsp3) is 0.231. The van der Waals surface area contributed by atoms with E-state index in [1.165, 1.54) is 4.88 Å². The van der Waals surface area contributed by atoms with Crippen LogP contribution in [0.15, 0.2) is 46.3 Å². The van der Waals surface area contributed by atoms with Crippen LogP contribution >= 0.6 is 27.3 Å². The highest BCUT2D eigenvalue weighted by atomic mass is 79.9. The molecule has 0 aliphatic heterocycles. The summed E-state index contributed by atoms with van der Waals surface area (Å²) < 4.78 is 12.2. The van der Waals surface area contributed by atoms with Gasteiger partial charge in [0.25, 0.3) is 0 Å². The van der Waals surface area contributed by atoms with Gasteiger partial charge >= 0.3 is 0 Å². The summed E-state index contributed by atoms with van der Waals surface area (Å²) in [7, 11) is 0. The van der Waals surface area contributed by atoms with Crippen LogP contribution in [0, 0.1) is 0 Å². The molecule has 0 bridgehead atoms. The Morgan fingerprint density at radius 2 is 1.94 bits per heavy atom.